The number of benzene rings is 1. The van der Waals surface area contributed by atoms with Crippen molar-refractivity contribution in [1.82, 2.24) is 4.90 Å². The first-order valence-corrected chi connectivity index (χ1v) is 8.27. The maximum atomic E-state index is 11.5. The maximum Gasteiger partial charge on any atom is 0.338 e. The van der Waals surface area contributed by atoms with Crippen molar-refractivity contribution in [3.63, 3.8) is 0 Å². The van der Waals surface area contributed by atoms with Gasteiger partial charge in [0.25, 0.3) is 0 Å². The van der Waals surface area contributed by atoms with Crippen LogP contribution in [-0.4, -0.2) is 47.9 Å². The van der Waals surface area contributed by atoms with Crippen LogP contribution in [0.5, 0.6) is 0 Å². The van der Waals surface area contributed by atoms with Crippen molar-refractivity contribution in [2.75, 3.05) is 31.2 Å². The lowest BCUT2D eigenvalue weighted by Gasteiger charge is -2.33. The molecule has 0 amide bonds. The third-order valence-electron chi connectivity index (χ3n) is 3.77. The second kappa shape index (κ2) is 6.99. The standard InChI is InChI=1S/C15H22N2O2S/c1-3-17-9-5-6-11(10-17)16-12-7-4-8-13(20-2)14(12)15(18)19/h4,7-8,11,16H,3,5-6,9-10H2,1-2H3,(H,18,19). The third-order valence-corrected chi connectivity index (χ3v) is 4.55. The average Bonchev–Trinajstić information content (AvgIpc) is 2.46. The molecule has 1 fully saturated rings. The quantitative estimate of drug-likeness (QED) is 0.818. The van der Waals surface area contributed by atoms with Crippen molar-refractivity contribution in [1.29, 1.82) is 0 Å². The number of piperidine rings is 1. The highest BCUT2D eigenvalue weighted by molar-refractivity contribution is 7.98. The number of thioether (sulfide) groups is 1. The predicted octanol–water partition coefficient (Wildman–Crippen LogP) is 3.00. The van der Waals surface area contributed by atoms with E-state index in [0.717, 1.165) is 43.1 Å². The average molecular weight is 294 g/mol. The summed E-state index contributed by atoms with van der Waals surface area (Å²) in [7, 11) is 0. The molecule has 1 atom stereocenters. The van der Waals surface area contributed by atoms with Gasteiger partial charge in [-0.05, 0) is 44.3 Å². The number of hydrogen-bond donors (Lipinski definition) is 2. The minimum Gasteiger partial charge on any atom is -0.478 e. The fourth-order valence-corrected chi connectivity index (χ4v) is 3.34. The van der Waals surface area contributed by atoms with Crippen molar-refractivity contribution < 1.29 is 9.90 Å². The number of aromatic carboxylic acids is 1. The van der Waals surface area contributed by atoms with E-state index >= 15 is 0 Å². The van der Waals surface area contributed by atoms with Crippen LogP contribution in [-0.2, 0) is 0 Å². The summed E-state index contributed by atoms with van der Waals surface area (Å²) in [6, 6.07) is 5.98. The number of carboxylic acid groups (broad SMARTS) is 1. The first-order chi connectivity index (χ1) is 9.65. The molecule has 5 heteroatoms. The molecule has 2 N–H and O–H groups in total. The molecule has 0 aliphatic carbocycles. The summed E-state index contributed by atoms with van der Waals surface area (Å²) in [6.07, 6.45) is 4.17. The van der Waals surface area contributed by atoms with Crippen LogP contribution in [0.3, 0.4) is 0 Å². The molecule has 110 valence electrons. The number of rotatable bonds is 5. The highest BCUT2D eigenvalue weighted by Crippen LogP contribution is 2.28. The van der Waals surface area contributed by atoms with Crippen LogP contribution < -0.4 is 5.32 Å². The molecule has 0 aromatic heterocycles. The molecule has 1 saturated heterocycles. The molecule has 1 aliphatic heterocycles. The molecule has 0 radical (unpaired) electrons. The lowest BCUT2D eigenvalue weighted by atomic mass is 10.0. The summed E-state index contributed by atoms with van der Waals surface area (Å²) in [4.78, 5) is 14.7. The molecule has 0 spiro atoms. The fourth-order valence-electron chi connectivity index (χ4n) is 2.72. The number of hydrogen-bond acceptors (Lipinski definition) is 4. The number of anilines is 1. The summed E-state index contributed by atoms with van der Waals surface area (Å²) in [5.41, 5.74) is 1.14. The molecule has 2 rings (SSSR count). The van der Waals surface area contributed by atoms with E-state index in [9.17, 15) is 9.90 Å². The lowest BCUT2D eigenvalue weighted by molar-refractivity contribution is 0.0694. The molecule has 1 aromatic carbocycles. The maximum absolute atomic E-state index is 11.5. The van der Waals surface area contributed by atoms with E-state index in [1.807, 2.05) is 24.5 Å². The Bertz CT molecular complexity index is 479. The Balaban J connectivity index is 2.18. The van der Waals surface area contributed by atoms with E-state index in [0.29, 0.717) is 11.6 Å². The minimum absolute atomic E-state index is 0.332. The number of likely N-dealkylation sites (N-methyl/N-ethyl adjacent to an activating group) is 1. The normalized spacial score (nSPS) is 19.8. The van der Waals surface area contributed by atoms with E-state index in [-0.39, 0.29) is 0 Å². The van der Waals surface area contributed by atoms with Crippen LogP contribution in [0.15, 0.2) is 23.1 Å². The van der Waals surface area contributed by atoms with Crippen molar-refractivity contribution in [3.05, 3.63) is 23.8 Å². The van der Waals surface area contributed by atoms with E-state index in [1.54, 1.807) is 0 Å². The van der Waals surface area contributed by atoms with Gasteiger partial charge >= 0.3 is 5.97 Å². The molecule has 20 heavy (non-hydrogen) atoms. The zero-order valence-electron chi connectivity index (χ0n) is 12.1. The number of nitrogens with zero attached hydrogens (tertiary/aromatic N) is 1. The molecule has 4 nitrogen and oxygen atoms in total. The van der Waals surface area contributed by atoms with Crippen molar-refractivity contribution in [2.24, 2.45) is 0 Å². The molecule has 1 heterocycles. The summed E-state index contributed by atoms with van der Waals surface area (Å²) in [5.74, 6) is -0.861. The van der Waals surface area contributed by atoms with Crippen LogP contribution in [0.25, 0.3) is 0 Å². The Morgan fingerprint density at radius 2 is 2.35 bits per heavy atom. The first-order valence-electron chi connectivity index (χ1n) is 7.05. The highest BCUT2D eigenvalue weighted by Gasteiger charge is 2.21. The Hall–Kier alpha value is -1.20. The van der Waals surface area contributed by atoms with Gasteiger partial charge in [-0.15, -0.1) is 11.8 Å². The molecule has 1 aromatic rings. The predicted molar refractivity (Wildman–Crippen MR) is 83.9 cm³/mol. The summed E-state index contributed by atoms with van der Waals surface area (Å²) < 4.78 is 0. The SMILES string of the molecule is CCN1CCCC(Nc2cccc(SC)c2C(=O)O)C1. The zero-order chi connectivity index (χ0) is 14.5. The highest BCUT2D eigenvalue weighted by atomic mass is 32.2. The van der Waals surface area contributed by atoms with Gasteiger partial charge in [0.05, 0.1) is 11.3 Å². The van der Waals surface area contributed by atoms with Crippen LogP contribution in [0.4, 0.5) is 5.69 Å². The minimum atomic E-state index is -0.861. The Labute approximate surface area is 124 Å². The van der Waals surface area contributed by atoms with E-state index < -0.39 is 5.97 Å². The smallest absolute Gasteiger partial charge is 0.338 e. The molecule has 1 unspecified atom stereocenters. The summed E-state index contributed by atoms with van der Waals surface area (Å²) >= 11 is 1.47. The van der Waals surface area contributed by atoms with Gasteiger partial charge in [0.1, 0.15) is 0 Å². The van der Waals surface area contributed by atoms with Gasteiger partial charge in [-0.3, -0.25) is 0 Å². The Morgan fingerprint density at radius 1 is 1.55 bits per heavy atom. The van der Waals surface area contributed by atoms with Crippen LogP contribution in [0.1, 0.15) is 30.1 Å². The monoisotopic (exact) mass is 294 g/mol. The topological polar surface area (TPSA) is 52.6 Å². The van der Waals surface area contributed by atoms with Gasteiger partial charge in [-0.1, -0.05) is 13.0 Å². The Kier molecular flexibility index (Phi) is 5.31. The van der Waals surface area contributed by atoms with E-state index in [4.69, 9.17) is 0 Å². The largest absolute Gasteiger partial charge is 0.478 e. The third kappa shape index (κ3) is 3.46. The number of carbonyl (C=O) groups is 1. The second-order valence-electron chi connectivity index (χ2n) is 5.06. The number of likely N-dealkylation sites (tertiary alicyclic amines) is 1. The van der Waals surface area contributed by atoms with Gasteiger partial charge in [-0.25, -0.2) is 4.79 Å². The fraction of sp³-hybridized carbons (Fsp3) is 0.533. The van der Waals surface area contributed by atoms with Gasteiger partial charge in [0.2, 0.25) is 0 Å². The molecular formula is C15H22N2O2S. The van der Waals surface area contributed by atoms with Crippen molar-refractivity contribution in [2.45, 2.75) is 30.7 Å². The van der Waals surface area contributed by atoms with E-state index in [1.165, 1.54) is 11.8 Å². The van der Waals surface area contributed by atoms with Crippen molar-refractivity contribution in [3.8, 4) is 0 Å². The zero-order valence-corrected chi connectivity index (χ0v) is 12.9. The lowest BCUT2D eigenvalue weighted by Crippen LogP contribution is -2.42. The molecule has 1 aliphatic rings. The second-order valence-corrected chi connectivity index (χ2v) is 5.91. The van der Waals surface area contributed by atoms with Crippen molar-refractivity contribution >= 4 is 23.4 Å². The molecular weight excluding hydrogens is 272 g/mol. The molecule has 0 bridgehead atoms. The van der Waals surface area contributed by atoms with Gasteiger partial charge in [-0.2, -0.15) is 0 Å². The van der Waals surface area contributed by atoms with Crippen LogP contribution >= 0.6 is 11.8 Å². The van der Waals surface area contributed by atoms with Gasteiger partial charge in [0, 0.05) is 17.5 Å². The van der Waals surface area contributed by atoms with Crippen LogP contribution in [0, 0.1) is 0 Å². The van der Waals surface area contributed by atoms with E-state index in [2.05, 4.69) is 17.1 Å². The summed E-state index contributed by atoms with van der Waals surface area (Å²) in [6.45, 7) is 5.35. The first kappa shape index (κ1) is 15.2. The Morgan fingerprint density at radius 3 is 3.00 bits per heavy atom. The number of carboxylic acids is 1. The van der Waals surface area contributed by atoms with Gasteiger partial charge < -0.3 is 15.3 Å². The van der Waals surface area contributed by atoms with Gasteiger partial charge in [0.15, 0.2) is 0 Å². The van der Waals surface area contributed by atoms with Crippen LogP contribution in [0.2, 0.25) is 0 Å². The number of nitrogens with one attached hydrogen (secondary N) is 1. The summed E-state index contributed by atoms with van der Waals surface area (Å²) in [5, 5.41) is 12.9. The molecule has 0 saturated carbocycles.